The van der Waals surface area contributed by atoms with Gasteiger partial charge in [0.15, 0.2) is 0 Å². The first-order valence-electron chi connectivity index (χ1n) is 4.95. The van der Waals surface area contributed by atoms with Crippen LogP contribution in [0.1, 0.15) is 5.69 Å². The van der Waals surface area contributed by atoms with E-state index in [1.807, 2.05) is 4.90 Å². The molecule has 1 amide bonds. The number of halogens is 2. The molecule has 1 aromatic heterocycles. The van der Waals surface area contributed by atoms with Gasteiger partial charge in [-0.15, -0.1) is 0 Å². The molecule has 1 aliphatic heterocycles. The molecule has 86 valence electrons. The van der Waals surface area contributed by atoms with Crippen molar-refractivity contribution in [1.82, 2.24) is 15.2 Å². The number of aromatic nitrogens is 1. The van der Waals surface area contributed by atoms with E-state index in [0.717, 1.165) is 6.54 Å². The SMILES string of the molecule is O=C1CN(Cc2nc(Cl)ccc2Cl)CCN1. The van der Waals surface area contributed by atoms with Crippen molar-refractivity contribution in [2.45, 2.75) is 6.54 Å². The molecular formula is C10H11Cl2N3O. The summed E-state index contributed by atoms with van der Waals surface area (Å²) in [6.07, 6.45) is 0. The summed E-state index contributed by atoms with van der Waals surface area (Å²) in [6, 6.07) is 3.37. The van der Waals surface area contributed by atoms with Crippen LogP contribution in [0.5, 0.6) is 0 Å². The lowest BCUT2D eigenvalue weighted by Crippen LogP contribution is -2.47. The van der Waals surface area contributed by atoms with Crippen LogP contribution in [0.3, 0.4) is 0 Å². The number of amides is 1. The highest BCUT2D eigenvalue weighted by atomic mass is 35.5. The zero-order valence-corrected chi connectivity index (χ0v) is 10.1. The minimum atomic E-state index is 0.0319. The maximum absolute atomic E-state index is 11.2. The van der Waals surface area contributed by atoms with Gasteiger partial charge in [0.1, 0.15) is 5.15 Å². The van der Waals surface area contributed by atoms with Gasteiger partial charge in [-0.05, 0) is 12.1 Å². The number of hydrogen-bond acceptors (Lipinski definition) is 3. The van der Waals surface area contributed by atoms with Gasteiger partial charge in [0.05, 0.1) is 17.3 Å². The molecule has 6 heteroatoms. The molecule has 1 aliphatic rings. The van der Waals surface area contributed by atoms with E-state index in [9.17, 15) is 4.79 Å². The Morgan fingerprint density at radius 2 is 2.25 bits per heavy atom. The Kier molecular flexibility index (Phi) is 3.63. The van der Waals surface area contributed by atoms with Crippen LogP contribution >= 0.6 is 23.2 Å². The highest BCUT2D eigenvalue weighted by Gasteiger charge is 2.17. The highest BCUT2D eigenvalue weighted by Crippen LogP contribution is 2.18. The predicted molar refractivity (Wildman–Crippen MR) is 62.5 cm³/mol. The second-order valence-corrected chi connectivity index (χ2v) is 4.42. The predicted octanol–water partition coefficient (Wildman–Crippen LogP) is 1.32. The molecule has 0 aliphatic carbocycles. The summed E-state index contributed by atoms with van der Waals surface area (Å²) >= 11 is 11.8. The molecule has 1 fully saturated rings. The number of rotatable bonds is 2. The maximum atomic E-state index is 11.2. The Balaban J connectivity index is 2.08. The fourth-order valence-electron chi connectivity index (χ4n) is 1.61. The molecule has 16 heavy (non-hydrogen) atoms. The second-order valence-electron chi connectivity index (χ2n) is 3.62. The van der Waals surface area contributed by atoms with Crippen LogP contribution in [0.25, 0.3) is 0 Å². The van der Waals surface area contributed by atoms with E-state index in [0.29, 0.717) is 35.5 Å². The Hall–Kier alpha value is -0.840. The van der Waals surface area contributed by atoms with Crippen molar-refractivity contribution < 1.29 is 4.79 Å². The van der Waals surface area contributed by atoms with Crippen molar-refractivity contribution in [2.24, 2.45) is 0 Å². The third-order valence-electron chi connectivity index (χ3n) is 2.38. The smallest absolute Gasteiger partial charge is 0.234 e. The number of carbonyl (C=O) groups excluding carboxylic acids is 1. The van der Waals surface area contributed by atoms with E-state index in [-0.39, 0.29) is 5.91 Å². The van der Waals surface area contributed by atoms with Crippen molar-refractivity contribution in [2.75, 3.05) is 19.6 Å². The Morgan fingerprint density at radius 3 is 3.00 bits per heavy atom. The third-order valence-corrected chi connectivity index (χ3v) is 2.93. The van der Waals surface area contributed by atoms with Crippen molar-refractivity contribution >= 4 is 29.1 Å². The van der Waals surface area contributed by atoms with E-state index < -0.39 is 0 Å². The Labute approximate surface area is 104 Å². The van der Waals surface area contributed by atoms with Crippen molar-refractivity contribution in [1.29, 1.82) is 0 Å². The standard InChI is InChI=1S/C10H11Cl2N3O/c11-7-1-2-9(12)14-8(7)5-15-4-3-13-10(16)6-15/h1-2H,3-6H2,(H,13,16). The summed E-state index contributed by atoms with van der Waals surface area (Å²) in [5, 5.41) is 3.76. The van der Waals surface area contributed by atoms with Gasteiger partial charge in [-0.1, -0.05) is 23.2 Å². The quantitative estimate of drug-likeness (QED) is 0.816. The minimum Gasteiger partial charge on any atom is -0.354 e. The number of hydrogen-bond donors (Lipinski definition) is 1. The Bertz CT molecular complexity index is 411. The van der Waals surface area contributed by atoms with Gasteiger partial charge < -0.3 is 5.32 Å². The van der Waals surface area contributed by atoms with Gasteiger partial charge in [-0.2, -0.15) is 0 Å². The number of piperazine rings is 1. The van der Waals surface area contributed by atoms with Crippen molar-refractivity contribution in [3.63, 3.8) is 0 Å². The van der Waals surface area contributed by atoms with Crippen LogP contribution in [0, 0.1) is 0 Å². The summed E-state index contributed by atoms with van der Waals surface area (Å²) in [5.41, 5.74) is 0.712. The molecule has 2 rings (SSSR count). The maximum Gasteiger partial charge on any atom is 0.234 e. The lowest BCUT2D eigenvalue weighted by Gasteiger charge is -2.26. The average molecular weight is 260 g/mol. The van der Waals surface area contributed by atoms with Crippen LogP contribution in [-0.2, 0) is 11.3 Å². The van der Waals surface area contributed by atoms with Gasteiger partial charge in [-0.25, -0.2) is 4.98 Å². The normalized spacial score (nSPS) is 17.2. The molecule has 1 N–H and O–H groups in total. The molecule has 0 radical (unpaired) electrons. The summed E-state index contributed by atoms with van der Waals surface area (Å²) < 4.78 is 0. The average Bonchev–Trinajstić information content (AvgIpc) is 2.24. The lowest BCUT2D eigenvalue weighted by molar-refractivity contribution is -0.124. The number of nitrogens with zero attached hydrogens (tertiary/aromatic N) is 2. The summed E-state index contributed by atoms with van der Waals surface area (Å²) in [6.45, 7) is 2.39. The van der Waals surface area contributed by atoms with Crippen molar-refractivity contribution in [3.05, 3.63) is 28.0 Å². The fourth-order valence-corrected chi connectivity index (χ4v) is 1.94. The van der Waals surface area contributed by atoms with Gasteiger partial charge in [0, 0.05) is 19.6 Å². The third kappa shape index (κ3) is 2.84. The zero-order chi connectivity index (χ0) is 11.5. The van der Waals surface area contributed by atoms with Crippen LogP contribution < -0.4 is 5.32 Å². The van der Waals surface area contributed by atoms with Gasteiger partial charge in [-0.3, -0.25) is 9.69 Å². The molecule has 4 nitrogen and oxygen atoms in total. The topological polar surface area (TPSA) is 45.2 Å². The summed E-state index contributed by atoms with van der Waals surface area (Å²) in [7, 11) is 0. The molecule has 2 heterocycles. The van der Waals surface area contributed by atoms with E-state index in [1.165, 1.54) is 0 Å². The molecule has 0 bridgehead atoms. The number of pyridine rings is 1. The first kappa shape index (κ1) is 11.6. The first-order valence-corrected chi connectivity index (χ1v) is 5.71. The van der Waals surface area contributed by atoms with Crippen LogP contribution in [-0.4, -0.2) is 35.4 Å². The highest BCUT2D eigenvalue weighted by molar-refractivity contribution is 6.32. The summed E-state index contributed by atoms with van der Waals surface area (Å²) in [4.78, 5) is 17.3. The molecule has 1 saturated heterocycles. The van der Waals surface area contributed by atoms with Gasteiger partial charge in [0.25, 0.3) is 0 Å². The minimum absolute atomic E-state index is 0.0319. The van der Waals surface area contributed by atoms with Crippen molar-refractivity contribution in [3.8, 4) is 0 Å². The van der Waals surface area contributed by atoms with Crippen LogP contribution in [0.2, 0.25) is 10.2 Å². The number of carbonyl (C=O) groups is 1. The first-order chi connectivity index (χ1) is 7.65. The second kappa shape index (κ2) is 4.99. The molecule has 0 spiro atoms. The van der Waals surface area contributed by atoms with E-state index in [1.54, 1.807) is 12.1 Å². The van der Waals surface area contributed by atoms with E-state index >= 15 is 0 Å². The molecule has 0 atom stereocenters. The lowest BCUT2D eigenvalue weighted by atomic mass is 10.3. The van der Waals surface area contributed by atoms with Gasteiger partial charge >= 0.3 is 0 Å². The molecule has 0 saturated carbocycles. The van der Waals surface area contributed by atoms with E-state index in [2.05, 4.69) is 10.3 Å². The fraction of sp³-hybridized carbons (Fsp3) is 0.400. The zero-order valence-electron chi connectivity index (χ0n) is 8.54. The molecule has 0 aromatic carbocycles. The Morgan fingerprint density at radius 1 is 1.44 bits per heavy atom. The van der Waals surface area contributed by atoms with E-state index in [4.69, 9.17) is 23.2 Å². The largest absolute Gasteiger partial charge is 0.354 e. The molecule has 0 unspecified atom stereocenters. The van der Waals surface area contributed by atoms with Gasteiger partial charge in [0.2, 0.25) is 5.91 Å². The monoisotopic (exact) mass is 259 g/mol. The van der Waals surface area contributed by atoms with Crippen LogP contribution in [0.15, 0.2) is 12.1 Å². The molecule has 1 aromatic rings. The molecular weight excluding hydrogens is 249 g/mol. The van der Waals surface area contributed by atoms with Crippen LogP contribution in [0.4, 0.5) is 0 Å². The summed E-state index contributed by atoms with van der Waals surface area (Å²) in [5.74, 6) is 0.0319. The number of nitrogens with one attached hydrogen (secondary N) is 1.